The monoisotopic (exact) mass is 333 g/mol. The Labute approximate surface area is 145 Å². The summed E-state index contributed by atoms with van der Waals surface area (Å²) in [6.45, 7) is 9.15. The van der Waals surface area contributed by atoms with Gasteiger partial charge in [0.25, 0.3) is 0 Å². The summed E-state index contributed by atoms with van der Waals surface area (Å²) in [5, 5.41) is 12.5. The molecule has 5 heteroatoms. The minimum absolute atomic E-state index is 0.130. The molecular weight excluding hydrogens is 302 g/mol. The predicted octanol–water partition coefficient (Wildman–Crippen LogP) is 1.12. The Morgan fingerprint density at radius 2 is 2.08 bits per heavy atom. The van der Waals surface area contributed by atoms with Crippen molar-refractivity contribution in [1.29, 1.82) is 0 Å². The quantitative estimate of drug-likeness (QED) is 0.749. The van der Waals surface area contributed by atoms with Crippen LogP contribution in [0.15, 0.2) is 30.3 Å². The molecule has 0 aromatic heterocycles. The minimum Gasteiger partial charge on any atom is -0.392 e. The maximum Gasteiger partial charge on any atom is 0.221 e. The Morgan fingerprint density at radius 3 is 2.75 bits per heavy atom. The molecule has 0 aliphatic carbocycles. The molecule has 2 atom stereocenters. The van der Waals surface area contributed by atoms with Crippen LogP contribution in [-0.4, -0.2) is 72.2 Å². The van der Waals surface area contributed by atoms with E-state index in [0.717, 1.165) is 39.1 Å². The highest BCUT2D eigenvalue weighted by atomic mass is 16.3. The van der Waals surface area contributed by atoms with E-state index >= 15 is 0 Å². The van der Waals surface area contributed by atoms with Crippen molar-refractivity contribution in [2.45, 2.75) is 38.8 Å². The summed E-state index contributed by atoms with van der Waals surface area (Å²) in [5.41, 5.74) is 1.25. The molecule has 2 N–H and O–H groups in total. The average molecular weight is 333 g/mol. The molecule has 134 valence electrons. The van der Waals surface area contributed by atoms with Gasteiger partial charge in [-0.1, -0.05) is 30.3 Å². The fourth-order valence-electron chi connectivity index (χ4n) is 3.22. The fourth-order valence-corrected chi connectivity index (χ4v) is 3.22. The molecule has 1 aromatic rings. The molecule has 0 radical (unpaired) electrons. The molecule has 1 fully saturated rings. The van der Waals surface area contributed by atoms with Crippen molar-refractivity contribution in [2.24, 2.45) is 0 Å². The summed E-state index contributed by atoms with van der Waals surface area (Å²) in [5.74, 6) is 0.130. The Kier molecular flexibility index (Phi) is 7.69. The molecule has 0 unspecified atom stereocenters. The normalized spacial score (nSPS) is 20.7. The Morgan fingerprint density at radius 1 is 1.33 bits per heavy atom. The lowest BCUT2D eigenvalue weighted by Crippen LogP contribution is -2.53. The second kappa shape index (κ2) is 9.77. The number of nitrogens with one attached hydrogen (secondary N) is 1. The summed E-state index contributed by atoms with van der Waals surface area (Å²) in [6.07, 6.45) is 1.15. The molecular formula is C19H31N3O2. The van der Waals surface area contributed by atoms with Gasteiger partial charge in [0.1, 0.15) is 0 Å². The second-order valence-corrected chi connectivity index (χ2v) is 6.83. The standard InChI is InChI=1S/C19H31N3O2/c1-16-14-21(12-13-22(16)15-17(2)23)11-9-19(24)20-10-8-18-6-4-3-5-7-18/h3-7,16-17,23H,8-15H2,1-2H3,(H,20,24)/t16-,17-/m1/s1. The minimum atomic E-state index is -0.283. The van der Waals surface area contributed by atoms with Crippen molar-refractivity contribution in [1.82, 2.24) is 15.1 Å². The van der Waals surface area contributed by atoms with E-state index in [1.54, 1.807) is 0 Å². The van der Waals surface area contributed by atoms with E-state index in [2.05, 4.69) is 34.2 Å². The summed E-state index contributed by atoms with van der Waals surface area (Å²) >= 11 is 0. The van der Waals surface area contributed by atoms with Crippen LogP contribution < -0.4 is 5.32 Å². The number of piperazine rings is 1. The van der Waals surface area contributed by atoms with Crippen LogP contribution in [0.4, 0.5) is 0 Å². The third kappa shape index (κ3) is 6.59. The molecule has 24 heavy (non-hydrogen) atoms. The first-order valence-electron chi connectivity index (χ1n) is 8.99. The van der Waals surface area contributed by atoms with E-state index in [1.807, 2.05) is 25.1 Å². The third-order valence-corrected chi connectivity index (χ3v) is 4.58. The molecule has 2 rings (SSSR count). The van der Waals surface area contributed by atoms with Crippen molar-refractivity contribution >= 4 is 5.91 Å². The first-order valence-corrected chi connectivity index (χ1v) is 8.99. The van der Waals surface area contributed by atoms with Crippen molar-refractivity contribution in [3.05, 3.63) is 35.9 Å². The van der Waals surface area contributed by atoms with Gasteiger partial charge in [0.15, 0.2) is 0 Å². The van der Waals surface area contributed by atoms with Crippen molar-refractivity contribution < 1.29 is 9.90 Å². The highest BCUT2D eigenvalue weighted by Crippen LogP contribution is 2.10. The number of benzene rings is 1. The third-order valence-electron chi connectivity index (χ3n) is 4.58. The number of aliphatic hydroxyl groups excluding tert-OH is 1. The number of hydrogen-bond acceptors (Lipinski definition) is 4. The molecule has 0 spiro atoms. The lowest BCUT2D eigenvalue weighted by molar-refractivity contribution is -0.121. The molecule has 0 bridgehead atoms. The summed E-state index contributed by atoms with van der Waals surface area (Å²) in [7, 11) is 0. The SMILES string of the molecule is C[C@@H]1CN(CCC(=O)NCCc2ccccc2)CCN1C[C@@H](C)O. The van der Waals surface area contributed by atoms with Crippen LogP contribution in [0.3, 0.4) is 0 Å². The number of nitrogens with zero attached hydrogens (tertiary/aromatic N) is 2. The lowest BCUT2D eigenvalue weighted by atomic mass is 10.1. The summed E-state index contributed by atoms with van der Waals surface area (Å²) in [4.78, 5) is 16.7. The maximum atomic E-state index is 12.0. The summed E-state index contributed by atoms with van der Waals surface area (Å²) in [6, 6.07) is 10.6. The van der Waals surface area contributed by atoms with Gasteiger partial charge in [-0.15, -0.1) is 0 Å². The van der Waals surface area contributed by atoms with E-state index in [9.17, 15) is 9.90 Å². The van der Waals surface area contributed by atoms with E-state index in [0.29, 0.717) is 19.0 Å². The smallest absolute Gasteiger partial charge is 0.221 e. The van der Waals surface area contributed by atoms with Crippen LogP contribution in [0, 0.1) is 0 Å². The fraction of sp³-hybridized carbons (Fsp3) is 0.632. The van der Waals surface area contributed by atoms with Crippen LogP contribution in [0.25, 0.3) is 0 Å². The van der Waals surface area contributed by atoms with Crippen molar-refractivity contribution in [3.63, 3.8) is 0 Å². The molecule has 1 heterocycles. The number of hydrogen-bond donors (Lipinski definition) is 2. The molecule has 1 aliphatic rings. The van der Waals surface area contributed by atoms with Gasteiger partial charge in [0.05, 0.1) is 6.10 Å². The number of β-amino-alcohol motifs (C(OH)–C–C–N with tert-alkyl or cyclic N) is 1. The van der Waals surface area contributed by atoms with Gasteiger partial charge in [-0.2, -0.15) is 0 Å². The number of rotatable bonds is 8. The number of aliphatic hydroxyl groups is 1. The first-order chi connectivity index (χ1) is 11.5. The highest BCUT2D eigenvalue weighted by molar-refractivity contribution is 5.76. The zero-order chi connectivity index (χ0) is 17.4. The van der Waals surface area contributed by atoms with Gasteiger partial charge in [0.2, 0.25) is 5.91 Å². The van der Waals surface area contributed by atoms with Crippen LogP contribution in [0.5, 0.6) is 0 Å². The average Bonchev–Trinajstić information content (AvgIpc) is 2.56. The zero-order valence-corrected chi connectivity index (χ0v) is 14.9. The van der Waals surface area contributed by atoms with Crippen LogP contribution in [0.2, 0.25) is 0 Å². The number of carbonyl (C=O) groups excluding carboxylic acids is 1. The summed E-state index contributed by atoms with van der Waals surface area (Å²) < 4.78 is 0. The Balaban J connectivity index is 1.60. The van der Waals surface area contributed by atoms with Gasteiger partial charge in [0, 0.05) is 51.7 Å². The van der Waals surface area contributed by atoms with E-state index in [4.69, 9.17) is 0 Å². The van der Waals surface area contributed by atoms with Crippen molar-refractivity contribution in [2.75, 3.05) is 39.3 Å². The molecule has 1 aliphatic heterocycles. The first kappa shape index (κ1) is 18.9. The van der Waals surface area contributed by atoms with E-state index in [-0.39, 0.29) is 12.0 Å². The number of carbonyl (C=O) groups is 1. The van der Waals surface area contributed by atoms with Crippen molar-refractivity contribution in [3.8, 4) is 0 Å². The van der Waals surface area contributed by atoms with Gasteiger partial charge in [-0.05, 0) is 25.8 Å². The lowest BCUT2D eigenvalue weighted by Gasteiger charge is -2.40. The topological polar surface area (TPSA) is 55.8 Å². The maximum absolute atomic E-state index is 12.0. The number of amides is 1. The van der Waals surface area contributed by atoms with Crippen LogP contribution in [0.1, 0.15) is 25.8 Å². The predicted molar refractivity (Wildman–Crippen MR) is 96.9 cm³/mol. The highest BCUT2D eigenvalue weighted by Gasteiger charge is 2.24. The second-order valence-electron chi connectivity index (χ2n) is 6.83. The van der Waals surface area contributed by atoms with Crippen LogP contribution in [-0.2, 0) is 11.2 Å². The van der Waals surface area contributed by atoms with Gasteiger partial charge < -0.3 is 15.3 Å². The van der Waals surface area contributed by atoms with Gasteiger partial charge >= 0.3 is 0 Å². The zero-order valence-electron chi connectivity index (χ0n) is 14.9. The van der Waals surface area contributed by atoms with E-state index in [1.165, 1.54) is 5.56 Å². The van der Waals surface area contributed by atoms with E-state index < -0.39 is 0 Å². The van der Waals surface area contributed by atoms with Gasteiger partial charge in [-0.25, -0.2) is 0 Å². The molecule has 5 nitrogen and oxygen atoms in total. The Hall–Kier alpha value is -1.43. The molecule has 1 aromatic carbocycles. The molecule has 1 saturated heterocycles. The molecule has 0 saturated carbocycles. The van der Waals surface area contributed by atoms with Crippen LogP contribution >= 0.6 is 0 Å². The molecule has 1 amide bonds. The largest absolute Gasteiger partial charge is 0.392 e. The van der Waals surface area contributed by atoms with Gasteiger partial charge in [-0.3, -0.25) is 9.69 Å². The Bertz CT molecular complexity index is 493.